The van der Waals surface area contributed by atoms with E-state index in [1.807, 2.05) is 12.1 Å². The van der Waals surface area contributed by atoms with Crippen LogP contribution in [0.3, 0.4) is 0 Å². The van der Waals surface area contributed by atoms with E-state index in [1.165, 1.54) is 12.0 Å². The predicted octanol–water partition coefficient (Wildman–Crippen LogP) is 3.13. The fourth-order valence-electron chi connectivity index (χ4n) is 3.41. The molecule has 3 heteroatoms. The Bertz CT molecular complexity index is 463. The Morgan fingerprint density at radius 3 is 2.75 bits per heavy atom. The molecule has 1 aromatic rings. The van der Waals surface area contributed by atoms with Gasteiger partial charge >= 0.3 is 0 Å². The van der Waals surface area contributed by atoms with Gasteiger partial charge in [-0.1, -0.05) is 25.3 Å². The van der Waals surface area contributed by atoms with Crippen molar-refractivity contribution in [1.82, 2.24) is 0 Å². The lowest BCUT2D eigenvalue weighted by Crippen LogP contribution is -2.37. The van der Waals surface area contributed by atoms with Crippen molar-refractivity contribution in [3.63, 3.8) is 0 Å². The molecule has 1 aromatic carbocycles. The third-order valence-corrected chi connectivity index (χ3v) is 4.69. The molecule has 0 amide bonds. The number of ether oxygens (including phenoxy) is 1. The van der Waals surface area contributed by atoms with Gasteiger partial charge in [0.05, 0.1) is 11.7 Å². The van der Waals surface area contributed by atoms with E-state index >= 15 is 0 Å². The summed E-state index contributed by atoms with van der Waals surface area (Å²) in [6, 6.07) is 5.96. The van der Waals surface area contributed by atoms with E-state index in [0.717, 1.165) is 56.3 Å². The average molecular weight is 276 g/mol. The fraction of sp³-hybridized carbons (Fsp3) is 0.647. The Hall–Kier alpha value is -1.06. The van der Waals surface area contributed by atoms with Crippen molar-refractivity contribution in [3.05, 3.63) is 29.3 Å². The molecule has 3 nitrogen and oxygen atoms in total. The van der Waals surface area contributed by atoms with Crippen molar-refractivity contribution >= 4 is 0 Å². The second-order valence-electron chi connectivity index (χ2n) is 6.34. The minimum Gasteiger partial charge on any atom is -0.491 e. The van der Waals surface area contributed by atoms with Crippen molar-refractivity contribution in [2.75, 3.05) is 6.61 Å². The number of aryl methyl sites for hydroxylation is 1. The lowest BCUT2D eigenvalue weighted by atomic mass is 9.85. The van der Waals surface area contributed by atoms with Gasteiger partial charge in [0, 0.05) is 0 Å². The second kappa shape index (κ2) is 5.74. The van der Waals surface area contributed by atoms with Crippen LogP contribution in [0.5, 0.6) is 5.75 Å². The van der Waals surface area contributed by atoms with E-state index in [2.05, 4.69) is 6.07 Å². The summed E-state index contributed by atoms with van der Waals surface area (Å²) in [4.78, 5) is 0. The van der Waals surface area contributed by atoms with Crippen molar-refractivity contribution in [2.24, 2.45) is 0 Å². The Morgan fingerprint density at radius 1 is 1.15 bits per heavy atom. The Kier molecular flexibility index (Phi) is 3.99. The lowest BCUT2D eigenvalue weighted by molar-refractivity contribution is -0.0339. The monoisotopic (exact) mass is 276 g/mol. The van der Waals surface area contributed by atoms with Crippen LogP contribution < -0.4 is 4.74 Å². The summed E-state index contributed by atoms with van der Waals surface area (Å²) in [5.41, 5.74) is 1.57. The van der Waals surface area contributed by atoms with E-state index < -0.39 is 5.60 Å². The van der Waals surface area contributed by atoms with Crippen LogP contribution in [0, 0.1) is 0 Å². The number of hydrogen-bond donors (Lipinski definition) is 2. The molecule has 0 aliphatic heterocycles. The molecule has 3 rings (SSSR count). The molecule has 2 aliphatic carbocycles. The van der Waals surface area contributed by atoms with Crippen LogP contribution in [-0.2, 0) is 6.42 Å². The molecule has 2 aliphatic rings. The Labute approximate surface area is 120 Å². The van der Waals surface area contributed by atoms with Crippen LogP contribution in [0.4, 0.5) is 0 Å². The number of hydrogen-bond acceptors (Lipinski definition) is 3. The maximum absolute atomic E-state index is 10.4. The molecule has 0 saturated heterocycles. The summed E-state index contributed by atoms with van der Waals surface area (Å²) >= 11 is 0. The quantitative estimate of drug-likeness (QED) is 0.891. The SMILES string of the molecule is OC1CCCc2ccc(OCC3(O)CCCCC3)cc21. The fourth-order valence-corrected chi connectivity index (χ4v) is 3.41. The minimum absolute atomic E-state index is 0.361. The first-order valence-corrected chi connectivity index (χ1v) is 7.82. The zero-order chi connectivity index (χ0) is 14.0. The third-order valence-electron chi connectivity index (χ3n) is 4.69. The molecule has 1 saturated carbocycles. The summed E-state index contributed by atoms with van der Waals surface area (Å²) in [5.74, 6) is 0.767. The number of benzene rings is 1. The first-order chi connectivity index (χ1) is 9.66. The van der Waals surface area contributed by atoms with Crippen LogP contribution in [0.1, 0.15) is 62.2 Å². The van der Waals surface area contributed by atoms with Crippen LogP contribution in [-0.4, -0.2) is 22.4 Å². The number of rotatable bonds is 3. The van der Waals surface area contributed by atoms with Gasteiger partial charge in [0.25, 0.3) is 0 Å². The maximum Gasteiger partial charge on any atom is 0.119 e. The molecule has 0 bridgehead atoms. The van der Waals surface area contributed by atoms with Gasteiger partial charge in [-0.2, -0.15) is 0 Å². The van der Waals surface area contributed by atoms with Crippen LogP contribution in [0.25, 0.3) is 0 Å². The first kappa shape index (κ1) is 13.9. The van der Waals surface area contributed by atoms with E-state index in [9.17, 15) is 10.2 Å². The van der Waals surface area contributed by atoms with Crippen molar-refractivity contribution in [2.45, 2.75) is 63.1 Å². The summed E-state index contributed by atoms with van der Waals surface area (Å²) in [6.07, 6.45) is 7.62. The first-order valence-electron chi connectivity index (χ1n) is 7.82. The molecule has 0 heterocycles. The summed E-state index contributed by atoms with van der Waals surface area (Å²) in [6.45, 7) is 0.363. The second-order valence-corrected chi connectivity index (χ2v) is 6.34. The number of aliphatic hydroxyl groups excluding tert-OH is 1. The summed E-state index contributed by atoms with van der Waals surface area (Å²) in [5, 5.41) is 20.5. The summed E-state index contributed by atoms with van der Waals surface area (Å²) < 4.78 is 5.80. The van der Waals surface area contributed by atoms with Crippen LogP contribution >= 0.6 is 0 Å². The van der Waals surface area contributed by atoms with Gasteiger partial charge < -0.3 is 14.9 Å². The molecule has 0 radical (unpaired) electrons. The largest absolute Gasteiger partial charge is 0.491 e. The van der Waals surface area contributed by atoms with Crippen LogP contribution in [0.2, 0.25) is 0 Å². The predicted molar refractivity (Wildman–Crippen MR) is 77.9 cm³/mol. The number of aliphatic hydroxyl groups is 2. The molecule has 0 spiro atoms. The topological polar surface area (TPSA) is 49.7 Å². The molecular formula is C17H24O3. The van der Waals surface area contributed by atoms with E-state index in [0.29, 0.717) is 6.61 Å². The Morgan fingerprint density at radius 2 is 1.95 bits per heavy atom. The Balaban J connectivity index is 1.67. The molecule has 0 aromatic heterocycles. The van der Waals surface area contributed by atoms with Crippen molar-refractivity contribution in [1.29, 1.82) is 0 Å². The van der Waals surface area contributed by atoms with Gasteiger partial charge in [0.2, 0.25) is 0 Å². The van der Waals surface area contributed by atoms with Gasteiger partial charge in [-0.15, -0.1) is 0 Å². The molecule has 1 fully saturated rings. The highest BCUT2D eigenvalue weighted by Crippen LogP contribution is 2.33. The normalized spacial score (nSPS) is 25.0. The van der Waals surface area contributed by atoms with Gasteiger partial charge in [-0.25, -0.2) is 0 Å². The smallest absolute Gasteiger partial charge is 0.119 e. The van der Waals surface area contributed by atoms with Crippen molar-refractivity contribution < 1.29 is 14.9 Å². The highest BCUT2D eigenvalue weighted by molar-refractivity contribution is 5.38. The van der Waals surface area contributed by atoms with Crippen LogP contribution in [0.15, 0.2) is 18.2 Å². The highest BCUT2D eigenvalue weighted by atomic mass is 16.5. The van der Waals surface area contributed by atoms with Gasteiger partial charge in [0.15, 0.2) is 0 Å². The third kappa shape index (κ3) is 2.99. The van der Waals surface area contributed by atoms with E-state index in [-0.39, 0.29) is 6.10 Å². The molecule has 2 N–H and O–H groups in total. The van der Waals surface area contributed by atoms with E-state index in [4.69, 9.17) is 4.74 Å². The molecule has 1 unspecified atom stereocenters. The lowest BCUT2D eigenvalue weighted by Gasteiger charge is -2.32. The number of fused-ring (bicyclic) bond motifs is 1. The molecule has 20 heavy (non-hydrogen) atoms. The van der Waals surface area contributed by atoms with E-state index in [1.54, 1.807) is 0 Å². The van der Waals surface area contributed by atoms with Gasteiger partial charge in [-0.05, 0) is 55.4 Å². The zero-order valence-electron chi connectivity index (χ0n) is 12.0. The van der Waals surface area contributed by atoms with Gasteiger partial charge in [-0.3, -0.25) is 0 Å². The summed E-state index contributed by atoms with van der Waals surface area (Å²) in [7, 11) is 0. The molecule has 1 atom stereocenters. The van der Waals surface area contributed by atoms with Crippen molar-refractivity contribution in [3.8, 4) is 5.75 Å². The molecule has 110 valence electrons. The van der Waals surface area contributed by atoms with Gasteiger partial charge in [0.1, 0.15) is 12.4 Å². The standard InChI is InChI=1S/C17H24O3/c18-16-6-4-5-13-7-8-14(11-15(13)16)20-12-17(19)9-2-1-3-10-17/h7-8,11,16,18-19H,1-6,9-10,12H2. The highest BCUT2D eigenvalue weighted by Gasteiger charge is 2.30. The molecular weight excluding hydrogens is 252 g/mol. The maximum atomic E-state index is 10.4. The average Bonchev–Trinajstić information content (AvgIpc) is 2.47. The zero-order valence-corrected chi connectivity index (χ0v) is 12.0. The minimum atomic E-state index is -0.660.